The zero-order valence-corrected chi connectivity index (χ0v) is 12.5. The number of aliphatic hydroxyl groups is 1. The first kappa shape index (κ1) is 15.9. The van der Waals surface area contributed by atoms with Crippen molar-refractivity contribution in [3.63, 3.8) is 0 Å². The normalized spacial score (nSPS) is 24.2. The van der Waals surface area contributed by atoms with Crippen LogP contribution in [0.2, 0.25) is 0 Å². The van der Waals surface area contributed by atoms with Crippen LogP contribution in [0, 0.1) is 5.92 Å². The first-order valence-corrected chi connectivity index (χ1v) is 7.20. The standard InChI is InChI=1S/C14H31N3O/c1-12(2)10-16-5-7-17(8-6-16)13(3)9-14(4,15)11-18/h12-13,18H,5-11,15H2,1-4H3. The number of nitrogens with zero attached hydrogens (tertiary/aromatic N) is 2. The van der Waals surface area contributed by atoms with Crippen LogP contribution in [-0.2, 0) is 0 Å². The van der Waals surface area contributed by atoms with Gasteiger partial charge in [-0.25, -0.2) is 0 Å². The Kier molecular flexibility index (Phi) is 6.05. The Balaban J connectivity index is 2.34. The van der Waals surface area contributed by atoms with E-state index in [0.717, 1.165) is 38.5 Å². The fourth-order valence-corrected chi connectivity index (χ4v) is 2.77. The summed E-state index contributed by atoms with van der Waals surface area (Å²) in [6.07, 6.45) is 0.855. The number of nitrogens with two attached hydrogens (primary N) is 1. The Bertz CT molecular complexity index is 235. The third-order valence-electron chi connectivity index (χ3n) is 3.78. The molecule has 0 spiro atoms. The molecule has 1 rings (SSSR count). The SMILES string of the molecule is CC(C)CN1CCN(C(C)CC(C)(N)CO)CC1. The van der Waals surface area contributed by atoms with Gasteiger partial charge in [0.1, 0.15) is 0 Å². The molecule has 3 N–H and O–H groups in total. The highest BCUT2D eigenvalue weighted by Crippen LogP contribution is 2.15. The zero-order chi connectivity index (χ0) is 13.8. The molecule has 2 atom stereocenters. The summed E-state index contributed by atoms with van der Waals surface area (Å²) in [4.78, 5) is 5.04. The Morgan fingerprint density at radius 2 is 1.72 bits per heavy atom. The molecule has 18 heavy (non-hydrogen) atoms. The van der Waals surface area contributed by atoms with E-state index >= 15 is 0 Å². The van der Waals surface area contributed by atoms with Gasteiger partial charge in [0.2, 0.25) is 0 Å². The predicted octanol–water partition coefficient (Wildman–Crippen LogP) is 0.748. The lowest BCUT2D eigenvalue weighted by molar-refractivity contribution is 0.0752. The highest BCUT2D eigenvalue weighted by atomic mass is 16.3. The predicted molar refractivity (Wildman–Crippen MR) is 76.6 cm³/mol. The summed E-state index contributed by atoms with van der Waals surface area (Å²) in [7, 11) is 0. The second kappa shape index (κ2) is 6.85. The van der Waals surface area contributed by atoms with E-state index in [9.17, 15) is 5.11 Å². The zero-order valence-electron chi connectivity index (χ0n) is 12.5. The van der Waals surface area contributed by atoms with E-state index in [-0.39, 0.29) is 6.61 Å². The van der Waals surface area contributed by atoms with E-state index in [2.05, 4.69) is 30.6 Å². The molecule has 0 aromatic heterocycles. The number of piperazine rings is 1. The Hall–Kier alpha value is -0.160. The maximum atomic E-state index is 9.23. The van der Waals surface area contributed by atoms with Crippen molar-refractivity contribution in [2.45, 2.75) is 45.7 Å². The summed E-state index contributed by atoms with van der Waals surface area (Å²) in [5.41, 5.74) is 5.58. The van der Waals surface area contributed by atoms with E-state index in [1.54, 1.807) is 0 Å². The lowest BCUT2D eigenvalue weighted by atomic mass is 9.95. The summed E-state index contributed by atoms with van der Waals surface area (Å²) in [5, 5.41) is 9.23. The second-order valence-corrected chi connectivity index (χ2v) is 6.60. The van der Waals surface area contributed by atoms with Crippen molar-refractivity contribution in [2.24, 2.45) is 11.7 Å². The van der Waals surface area contributed by atoms with Crippen LogP contribution in [0.1, 0.15) is 34.1 Å². The van der Waals surface area contributed by atoms with Gasteiger partial charge in [-0.1, -0.05) is 13.8 Å². The molecule has 0 aromatic carbocycles. The van der Waals surface area contributed by atoms with E-state index in [0.29, 0.717) is 6.04 Å². The summed E-state index contributed by atoms with van der Waals surface area (Å²) < 4.78 is 0. The third-order valence-corrected chi connectivity index (χ3v) is 3.78. The lowest BCUT2D eigenvalue weighted by Gasteiger charge is -2.40. The average Bonchev–Trinajstić information content (AvgIpc) is 2.28. The van der Waals surface area contributed by atoms with Crippen LogP contribution in [0.15, 0.2) is 0 Å². The quantitative estimate of drug-likeness (QED) is 0.737. The van der Waals surface area contributed by atoms with Gasteiger partial charge in [0.05, 0.1) is 6.61 Å². The van der Waals surface area contributed by atoms with Crippen LogP contribution in [0.4, 0.5) is 0 Å². The van der Waals surface area contributed by atoms with Crippen molar-refractivity contribution in [3.05, 3.63) is 0 Å². The molecule has 0 radical (unpaired) electrons. The van der Waals surface area contributed by atoms with E-state index in [1.807, 2.05) is 6.92 Å². The maximum absolute atomic E-state index is 9.23. The number of hydrogen-bond donors (Lipinski definition) is 2. The van der Waals surface area contributed by atoms with Gasteiger partial charge in [-0.2, -0.15) is 0 Å². The molecule has 1 saturated heterocycles. The molecule has 2 unspecified atom stereocenters. The Morgan fingerprint density at radius 1 is 1.17 bits per heavy atom. The van der Waals surface area contributed by atoms with Gasteiger partial charge in [0, 0.05) is 44.3 Å². The molecule has 4 nitrogen and oxygen atoms in total. The van der Waals surface area contributed by atoms with Crippen LogP contribution in [0.5, 0.6) is 0 Å². The van der Waals surface area contributed by atoms with E-state index in [1.165, 1.54) is 6.54 Å². The van der Waals surface area contributed by atoms with Crippen molar-refractivity contribution < 1.29 is 5.11 Å². The first-order valence-electron chi connectivity index (χ1n) is 7.20. The molecule has 1 fully saturated rings. The topological polar surface area (TPSA) is 52.7 Å². The van der Waals surface area contributed by atoms with Gasteiger partial charge in [-0.05, 0) is 26.2 Å². The molecule has 0 saturated carbocycles. The molecule has 1 heterocycles. The van der Waals surface area contributed by atoms with Crippen molar-refractivity contribution in [1.82, 2.24) is 9.80 Å². The summed E-state index contributed by atoms with van der Waals surface area (Å²) >= 11 is 0. The smallest absolute Gasteiger partial charge is 0.0609 e. The van der Waals surface area contributed by atoms with Crippen molar-refractivity contribution >= 4 is 0 Å². The Morgan fingerprint density at radius 3 is 2.17 bits per heavy atom. The fourth-order valence-electron chi connectivity index (χ4n) is 2.77. The van der Waals surface area contributed by atoms with Crippen molar-refractivity contribution in [2.75, 3.05) is 39.3 Å². The molecule has 108 valence electrons. The average molecular weight is 257 g/mol. The first-order chi connectivity index (χ1) is 8.34. The van der Waals surface area contributed by atoms with Crippen LogP contribution in [-0.4, -0.2) is 65.8 Å². The monoisotopic (exact) mass is 257 g/mol. The lowest BCUT2D eigenvalue weighted by Crippen LogP contribution is -2.53. The minimum absolute atomic E-state index is 0.0602. The molecular weight excluding hydrogens is 226 g/mol. The number of aliphatic hydroxyl groups excluding tert-OH is 1. The van der Waals surface area contributed by atoms with Crippen molar-refractivity contribution in [3.8, 4) is 0 Å². The van der Waals surface area contributed by atoms with Gasteiger partial charge in [0.25, 0.3) is 0 Å². The van der Waals surface area contributed by atoms with Gasteiger partial charge < -0.3 is 15.7 Å². The van der Waals surface area contributed by atoms with E-state index in [4.69, 9.17) is 5.73 Å². The third kappa shape index (κ3) is 5.22. The van der Waals surface area contributed by atoms with Crippen LogP contribution < -0.4 is 5.73 Å². The minimum Gasteiger partial charge on any atom is -0.394 e. The van der Waals surface area contributed by atoms with Gasteiger partial charge >= 0.3 is 0 Å². The van der Waals surface area contributed by atoms with Gasteiger partial charge in [-0.3, -0.25) is 4.90 Å². The van der Waals surface area contributed by atoms with Crippen molar-refractivity contribution in [1.29, 1.82) is 0 Å². The van der Waals surface area contributed by atoms with Crippen LogP contribution >= 0.6 is 0 Å². The minimum atomic E-state index is -0.450. The molecule has 1 aliphatic rings. The summed E-state index contributed by atoms with van der Waals surface area (Å²) in [5.74, 6) is 0.746. The van der Waals surface area contributed by atoms with Crippen LogP contribution in [0.3, 0.4) is 0 Å². The molecule has 1 aliphatic heterocycles. The number of hydrogen-bond acceptors (Lipinski definition) is 4. The largest absolute Gasteiger partial charge is 0.394 e. The van der Waals surface area contributed by atoms with E-state index < -0.39 is 5.54 Å². The Labute approximate surface area is 112 Å². The van der Waals surface area contributed by atoms with Gasteiger partial charge in [-0.15, -0.1) is 0 Å². The van der Waals surface area contributed by atoms with Gasteiger partial charge in [0.15, 0.2) is 0 Å². The molecule has 0 bridgehead atoms. The summed E-state index contributed by atoms with van der Waals surface area (Å²) in [6, 6.07) is 0.452. The molecule has 0 amide bonds. The maximum Gasteiger partial charge on any atom is 0.0609 e. The highest BCUT2D eigenvalue weighted by Gasteiger charge is 2.26. The molecular formula is C14H31N3O. The molecule has 4 heteroatoms. The molecule has 0 aromatic rings. The molecule has 0 aliphatic carbocycles. The van der Waals surface area contributed by atoms with Crippen LogP contribution in [0.25, 0.3) is 0 Å². The summed E-state index contributed by atoms with van der Waals surface area (Å²) in [6.45, 7) is 14.5. The fraction of sp³-hybridized carbons (Fsp3) is 1.00. The second-order valence-electron chi connectivity index (χ2n) is 6.60. The highest BCUT2D eigenvalue weighted by molar-refractivity contribution is 4.85. The number of rotatable bonds is 6.